The maximum atomic E-state index is 13.0. The summed E-state index contributed by atoms with van der Waals surface area (Å²) in [6.07, 6.45) is 1.60. The zero-order chi connectivity index (χ0) is 21.6. The van der Waals surface area contributed by atoms with E-state index in [1.807, 2.05) is 12.1 Å². The Balaban J connectivity index is 1.62. The fourth-order valence-corrected chi connectivity index (χ4v) is 2.82. The molecule has 4 nitrogen and oxygen atoms in total. The van der Waals surface area contributed by atoms with E-state index in [0.29, 0.717) is 11.3 Å². The van der Waals surface area contributed by atoms with Crippen LogP contribution in [0.3, 0.4) is 0 Å². The summed E-state index contributed by atoms with van der Waals surface area (Å²) in [6.45, 7) is 6.71. The molecule has 3 rings (SSSR count). The van der Waals surface area contributed by atoms with Gasteiger partial charge in [0.15, 0.2) is 0 Å². The Bertz CT molecular complexity index is 1020. The monoisotopic (exact) mass is 404 g/mol. The van der Waals surface area contributed by atoms with Crippen molar-refractivity contribution in [2.24, 2.45) is 5.10 Å². The Morgan fingerprint density at radius 2 is 1.67 bits per heavy atom. The van der Waals surface area contributed by atoms with Gasteiger partial charge in [-0.1, -0.05) is 69.3 Å². The lowest BCUT2D eigenvalue weighted by molar-refractivity contribution is 0.0950. The zero-order valence-electron chi connectivity index (χ0n) is 17.4. The highest BCUT2D eigenvalue weighted by molar-refractivity contribution is 5.97. The number of nitrogens with zero attached hydrogens (tertiary/aromatic N) is 1. The fourth-order valence-electron chi connectivity index (χ4n) is 2.82. The summed E-state index contributed by atoms with van der Waals surface area (Å²) in [4.78, 5) is 12.5. The maximum Gasteiger partial charge on any atom is 0.275 e. The SMILES string of the molecule is CC(C)(C)c1ccc(C=NNC(=O)c2ccccc2OCc2ccc(F)cc2)cc1. The lowest BCUT2D eigenvalue weighted by atomic mass is 9.87. The molecule has 5 heteroatoms. The Kier molecular flexibility index (Phi) is 6.62. The molecule has 0 aliphatic carbocycles. The van der Waals surface area contributed by atoms with Crippen LogP contribution in [0.5, 0.6) is 5.75 Å². The first-order chi connectivity index (χ1) is 14.3. The van der Waals surface area contributed by atoms with Gasteiger partial charge in [-0.05, 0) is 46.4 Å². The number of benzene rings is 3. The van der Waals surface area contributed by atoms with E-state index in [1.165, 1.54) is 17.7 Å². The van der Waals surface area contributed by atoms with Crippen LogP contribution in [0, 0.1) is 5.82 Å². The largest absolute Gasteiger partial charge is 0.488 e. The number of carbonyl (C=O) groups excluding carboxylic acids is 1. The molecular weight excluding hydrogens is 379 g/mol. The highest BCUT2D eigenvalue weighted by Crippen LogP contribution is 2.22. The normalized spacial score (nSPS) is 11.5. The van der Waals surface area contributed by atoms with Crippen LogP contribution in [-0.2, 0) is 12.0 Å². The van der Waals surface area contributed by atoms with E-state index in [1.54, 1.807) is 42.6 Å². The van der Waals surface area contributed by atoms with Gasteiger partial charge in [-0.15, -0.1) is 0 Å². The van der Waals surface area contributed by atoms with E-state index in [2.05, 4.69) is 43.4 Å². The third kappa shape index (κ3) is 5.77. The number of amides is 1. The Morgan fingerprint density at radius 1 is 1.00 bits per heavy atom. The van der Waals surface area contributed by atoms with Gasteiger partial charge in [-0.3, -0.25) is 4.79 Å². The van der Waals surface area contributed by atoms with Crippen molar-refractivity contribution in [1.82, 2.24) is 5.43 Å². The molecule has 1 N–H and O–H groups in total. The molecular formula is C25H25FN2O2. The van der Waals surface area contributed by atoms with Crippen molar-refractivity contribution in [3.8, 4) is 5.75 Å². The zero-order valence-corrected chi connectivity index (χ0v) is 17.4. The number of halogens is 1. The summed E-state index contributed by atoms with van der Waals surface area (Å²) in [5.74, 6) is -0.235. The van der Waals surface area contributed by atoms with Gasteiger partial charge < -0.3 is 4.74 Å². The number of hydrogen-bond acceptors (Lipinski definition) is 3. The van der Waals surface area contributed by atoms with Gasteiger partial charge in [0, 0.05) is 0 Å². The van der Waals surface area contributed by atoms with Crippen LogP contribution >= 0.6 is 0 Å². The van der Waals surface area contributed by atoms with Gasteiger partial charge in [-0.25, -0.2) is 9.82 Å². The summed E-state index contributed by atoms with van der Waals surface area (Å²) in [5, 5.41) is 4.06. The number of ether oxygens (including phenoxy) is 1. The highest BCUT2D eigenvalue weighted by Gasteiger charge is 2.13. The molecule has 0 fully saturated rings. The lowest BCUT2D eigenvalue weighted by Crippen LogP contribution is -2.18. The van der Waals surface area contributed by atoms with E-state index in [4.69, 9.17) is 4.74 Å². The van der Waals surface area contributed by atoms with Gasteiger partial charge in [0.2, 0.25) is 0 Å². The van der Waals surface area contributed by atoms with E-state index >= 15 is 0 Å². The quantitative estimate of drug-likeness (QED) is 0.438. The van der Waals surface area contributed by atoms with Crippen molar-refractivity contribution in [3.05, 3.63) is 101 Å². The minimum atomic E-state index is -0.368. The van der Waals surface area contributed by atoms with E-state index in [-0.39, 0.29) is 23.7 Å². The van der Waals surface area contributed by atoms with Crippen LogP contribution in [0.1, 0.15) is 47.8 Å². The lowest BCUT2D eigenvalue weighted by Gasteiger charge is -2.18. The van der Waals surface area contributed by atoms with Crippen LogP contribution in [0.15, 0.2) is 77.9 Å². The van der Waals surface area contributed by atoms with Crippen molar-refractivity contribution in [3.63, 3.8) is 0 Å². The average molecular weight is 404 g/mol. The molecule has 0 aliphatic rings. The highest BCUT2D eigenvalue weighted by atomic mass is 19.1. The van der Waals surface area contributed by atoms with Crippen molar-refractivity contribution in [2.75, 3.05) is 0 Å². The molecule has 154 valence electrons. The molecule has 0 atom stereocenters. The van der Waals surface area contributed by atoms with Gasteiger partial charge in [-0.2, -0.15) is 5.10 Å². The molecule has 0 bridgehead atoms. The van der Waals surface area contributed by atoms with Crippen molar-refractivity contribution in [2.45, 2.75) is 32.8 Å². The van der Waals surface area contributed by atoms with Gasteiger partial charge in [0.1, 0.15) is 18.2 Å². The van der Waals surface area contributed by atoms with Gasteiger partial charge in [0.25, 0.3) is 5.91 Å². The molecule has 0 spiro atoms. The molecule has 0 radical (unpaired) electrons. The number of carbonyl (C=O) groups is 1. The third-order valence-electron chi connectivity index (χ3n) is 4.60. The van der Waals surface area contributed by atoms with Crippen LogP contribution in [0.2, 0.25) is 0 Å². The summed E-state index contributed by atoms with van der Waals surface area (Å²) in [7, 11) is 0. The number of nitrogens with one attached hydrogen (secondary N) is 1. The Labute approximate surface area is 176 Å². The Hall–Kier alpha value is -3.47. The molecule has 0 unspecified atom stereocenters. The van der Waals surface area contributed by atoms with Crippen molar-refractivity contribution in [1.29, 1.82) is 0 Å². The van der Waals surface area contributed by atoms with Crippen LogP contribution in [-0.4, -0.2) is 12.1 Å². The fraction of sp³-hybridized carbons (Fsp3) is 0.200. The van der Waals surface area contributed by atoms with Crippen molar-refractivity contribution < 1.29 is 13.9 Å². The van der Waals surface area contributed by atoms with Crippen molar-refractivity contribution >= 4 is 12.1 Å². The first-order valence-corrected chi connectivity index (χ1v) is 9.73. The number of para-hydroxylation sites is 1. The van der Waals surface area contributed by atoms with Crippen LogP contribution < -0.4 is 10.2 Å². The Morgan fingerprint density at radius 3 is 2.33 bits per heavy atom. The number of hydrogen-bond donors (Lipinski definition) is 1. The standard InChI is InChI=1S/C25H25FN2O2/c1-25(2,3)20-12-8-18(9-13-20)16-27-28-24(29)22-6-4-5-7-23(22)30-17-19-10-14-21(26)15-11-19/h4-16H,17H2,1-3H3,(H,28,29). The first kappa shape index (κ1) is 21.2. The third-order valence-corrected chi connectivity index (χ3v) is 4.60. The first-order valence-electron chi connectivity index (χ1n) is 9.73. The summed E-state index contributed by atoms with van der Waals surface area (Å²) in [5.41, 5.74) is 5.93. The van der Waals surface area contributed by atoms with Gasteiger partial charge >= 0.3 is 0 Å². The van der Waals surface area contributed by atoms with E-state index in [9.17, 15) is 9.18 Å². The molecule has 1 amide bonds. The van der Waals surface area contributed by atoms with Crippen LogP contribution in [0.25, 0.3) is 0 Å². The predicted molar refractivity (Wildman–Crippen MR) is 117 cm³/mol. The topological polar surface area (TPSA) is 50.7 Å². The second kappa shape index (κ2) is 9.35. The molecule has 0 aromatic heterocycles. The number of hydrazone groups is 1. The second-order valence-corrected chi connectivity index (χ2v) is 7.98. The van der Waals surface area contributed by atoms with Crippen LogP contribution in [0.4, 0.5) is 4.39 Å². The number of rotatable bonds is 6. The average Bonchev–Trinajstić information content (AvgIpc) is 2.73. The minimum Gasteiger partial charge on any atom is -0.488 e. The molecule has 0 aliphatic heterocycles. The molecule has 0 saturated heterocycles. The summed E-state index contributed by atoms with van der Waals surface area (Å²) in [6, 6.07) is 21.0. The minimum absolute atomic E-state index is 0.0848. The molecule has 0 saturated carbocycles. The van der Waals surface area contributed by atoms with E-state index in [0.717, 1.165) is 11.1 Å². The summed E-state index contributed by atoms with van der Waals surface area (Å²) < 4.78 is 18.8. The van der Waals surface area contributed by atoms with Gasteiger partial charge in [0.05, 0.1) is 11.8 Å². The molecule has 3 aromatic carbocycles. The second-order valence-electron chi connectivity index (χ2n) is 7.98. The predicted octanol–water partition coefficient (Wildman–Crippen LogP) is 5.47. The smallest absolute Gasteiger partial charge is 0.275 e. The maximum absolute atomic E-state index is 13.0. The molecule has 0 heterocycles. The summed E-state index contributed by atoms with van der Waals surface area (Å²) >= 11 is 0. The van der Waals surface area contributed by atoms with E-state index < -0.39 is 0 Å². The molecule has 3 aromatic rings. The molecule has 30 heavy (non-hydrogen) atoms.